The van der Waals surface area contributed by atoms with Gasteiger partial charge in [-0.15, -0.1) is 11.6 Å². The standard InChI is InChI=1S/C25H30ClN3O5/c1-13-2-4-14(5-3-13)21(25(33)29-11-17(26)23-22(29)19(30)12-34-23)28-24(32)16-6-8-18-15(10-16)7-9-20(31)27-18/h6,8,10,13-14,17,21-23H,2-5,7,9,11-12H2,1H3,(H,27,31)(H,28,32)/t13?,14?,17-,21-,22+,23+/m0/s1. The number of anilines is 1. The monoisotopic (exact) mass is 487 g/mol. The lowest BCUT2D eigenvalue weighted by Gasteiger charge is -2.35. The molecule has 4 aliphatic rings. The van der Waals surface area contributed by atoms with Crippen LogP contribution < -0.4 is 10.6 Å². The highest BCUT2D eigenvalue weighted by molar-refractivity contribution is 6.22. The molecule has 182 valence electrons. The first-order valence-corrected chi connectivity index (χ1v) is 12.6. The van der Waals surface area contributed by atoms with Crippen LogP contribution in [-0.4, -0.2) is 65.1 Å². The SMILES string of the molecule is CC1CCC([C@H](NC(=O)c2ccc3c(c2)CCC(=O)N3)C(=O)N2C[C@H](Cl)[C@H]3OCC(=O)[C@H]32)CC1. The van der Waals surface area contributed by atoms with Crippen LogP contribution in [-0.2, 0) is 25.5 Å². The third kappa shape index (κ3) is 4.33. The van der Waals surface area contributed by atoms with Crippen LogP contribution in [0.25, 0.3) is 0 Å². The van der Waals surface area contributed by atoms with Crippen LogP contribution in [0.1, 0.15) is 54.9 Å². The molecule has 8 nitrogen and oxygen atoms in total. The first-order chi connectivity index (χ1) is 16.3. The van der Waals surface area contributed by atoms with E-state index in [0.29, 0.717) is 24.3 Å². The van der Waals surface area contributed by atoms with E-state index in [2.05, 4.69) is 17.6 Å². The van der Waals surface area contributed by atoms with Crippen molar-refractivity contribution in [3.63, 3.8) is 0 Å². The van der Waals surface area contributed by atoms with E-state index in [0.717, 1.165) is 36.9 Å². The molecule has 3 heterocycles. The molecule has 0 unspecified atom stereocenters. The number of halogens is 1. The van der Waals surface area contributed by atoms with Gasteiger partial charge in [-0.1, -0.05) is 19.8 Å². The van der Waals surface area contributed by atoms with E-state index in [4.69, 9.17) is 16.3 Å². The number of Topliss-reactive ketones (excluding diaryl/α,β-unsaturated/α-hetero) is 1. The minimum Gasteiger partial charge on any atom is -0.366 e. The molecule has 2 saturated heterocycles. The zero-order valence-electron chi connectivity index (χ0n) is 19.2. The molecule has 0 radical (unpaired) electrons. The zero-order valence-corrected chi connectivity index (χ0v) is 20.0. The Balaban J connectivity index is 1.38. The van der Waals surface area contributed by atoms with Crippen molar-refractivity contribution in [2.75, 3.05) is 18.5 Å². The number of benzene rings is 1. The van der Waals surface area contributed by atoms with Crippen molar-refractivity contribution in [2.45, 2.75) is 69.0 Å². The van der Waals surface area contributed by atoms with Crippen LogP contribution in [0.5, 0.6) is 0 Å². The third-order valence-electron chi connectivity index (χ3n) is 7.75. The van der Waals surface area contributed by atoms with Crippen LogP contribution in [0, 0.1) is 11.8 Å². The van der Waals surface area contributed by atoms with Crippen LogP contribution in [0.15, 0.2) is 18.2 Å². The summed E-state index contributed by atoms with van der Waals surface area (Å²) < 4.78 is 5.54. The first kappa shape index (κ1) is 23.3. The summed E-state index contributed by atoms with van der Waals surface area (Å²) in [5.74, 6) is -0.171. The van der Waals surface area contributed by atoms with Gasteiger partial charge in [0.05, 0.1) is 5.38 Å². The molecule has 0 aromatic heterocycles. The van der Waals surface area contributed by atoms with E-state index in [1.165, 1.54) is 4.90 Å². The highest BCUT2D eigenvalue weighted by Crippen LogP contribution is 2.35. The highest BCUT2D eigenvalue weighted by atomic mass is 35.5. The number of amides is 3. The molecule has 3 aliphatic heterocycles. The van der Waals surface area contributed by atoms with Gasteiger partial charge in [-0.2, -0.15) is 0 Å². The number of ether oxygens (including phenoxy) is 1. The number of hydrogen-bond acceptors (Lipinski definition) is 5. The molecule has 0 spiro atoms. The predicted octanol–water partition coefficient (Wildman–Crippen LogP) is 2.28. The molecule has 5 rings (SSSR count). The maximum atomic E-state index is 13.8. The molecule has 1 aromatic rings. The minimum absolute atomic E-state index is 0.00480. The molecule has 3 fully saturated rings. The Morgan fingerprint density at radius 2 is 1.94 bits per heavy atom. The number of ketones is 1. The topological polar surface area (TPSA) is 105 Å². The van der Waals surface area contributed by atoms with Crippen LogP contribution in [0.3, 0.4) is 0 Å². The van der Waals surface area contributed by atoms with E-state index in [1.807, 2.05) is 0 Å². The summed E-state index contributed by atoms with van der Waals surface area (Å²) in [5, 5.41) is 5.38. The Kier molecular flexibility index (Phi) is 6.37. The van der Waals surface area contributed by atoms with Gasteiger partial charge >= 0.3 is 0 Å². The largest absolute Gasteiger partial charge is 0.366 e. The minimum atomic E-state index is -0.730. The number of nitrogens with zero attached hydrogens (tertiary/aromatic N) is 1. The summed E-state index contributed by atoms with van der Waals surface area (Å²) in [7, 11) is 0. The molecule has 1 saturated carbocycles. The Morgan fingerprint density at radius 3 is 2.71 bits per heavy atom. The summed E-state index contributed by atoms with van der Waals surface area (Å²) in [6.45, 7) is 2.40. The van der Waals surface area contributed by atoms with Gasteiger partial charge < -0.3 is 20.3 Å². The summed E-state index contributed by atoms with van der Waals surface area (Å²) in [6.07, 6.45) is 4.13. The number of alkyl halides is 1. The van der Waals surface area contributed by atoms with Gasteiger partial charge in [0, 0.05) is 24.2 Å². The molecular weight excluding hydrogens is 458 g/mol. The predicted molar refractivity (Wildman–Crippen MR) is 126 cm³/mol. The number of likely N-dealkylation sites (tertiary alicyclic amines) is 1. The average Bonchev–Trinajstić information content (AvgIpc) is 3.37. The van der Waals surface area contributed by atoms with Crippen molar-refractivity contribution < 1.29 is 23.9 Å². The Labute approximate surface area is 203 Å². The van der Waals surface area contributed by atoms with Crippen molar-refractivity contribution >= 4 is 40.8 Å². The van der Waals surface area contributed by atoms with Crippen molar-refractivity contribution in [3.8, 4) is 0 Å². The molecule has 1 aliphatic carbocycles. The first-order valence-electron chi connectivity index (χ1n) is 12.1. The number of carbonyl (C=O) groups excluding carboxylic acids is 4. The van der Waals surface area contributed by atoms with E-state index >= 15 is 0 Å². The fourth-order valence-corrected chi connectivity index (χ4v) is 6.11. The number of fused-ring (bicyclic) bond motifs is 2. The maximum Gasteiger partial charge on any atom is 0.251 e. The van der Waals surface area contributed by atoms with E-state index < -0.39 is 23.6 Å². The molecule has 9 heteroatoms. The number of nitrogens with one attached hydrogen (secondary N) is 2. The summed E-state index contributed by atoms with van der Waals surface area (Å²) in [6, 6.07) is 3.78. The van der Waals surface area contributed by atoms with Gasteiger partial charge in [-0.05, 0) is 54.9 Å². The van der Waals surface area contributed by atoms with Crippen molar-refractivity contribution in [1.82, 2.24) is 10.2 Å². The molecular formula is C25H30ClN3O5. The summed E-state index contributed by atoms with van der Waals surface area (Å²) in [5.41, 5.74) is 2.08. The Bertz CT molecular complexity index is 1020. The van der Waals surface area contributed by atoms with Gasteiger partial charge in [0.1, 0.15) is 24.8 Å². The molecule has 1 aromatic carbocycles. The second kappa shape index (κ2) is 9.30. The van der Waals surface area contributed by atoms with Gasteiger partial charge in [-0.25, -0.2) is 0 Å². The normalized spacial score (nSPS) is 31.5. The van der Waals surface area contributed by atoms with Crippen LogP contribution >= 0.6 is 11.6 Å². The van der Waals surface area contributed by atoms with Crippen LogP contribution in [0.4, 0.5) is 5.69 Å². The number of aryl methyl sites for hydroxylation is 1. The zero-order chi connectivity index (χ0) is 24.0. The lowest BCUT2D eigenvalue weighted by Crippen LogP contribution is -2.55. The fraction of sp³-hybridized carbons (Fsp3) is 0.600. The molecule has 2 N–H and O–H groups in total. The van der Waals surface area contributed by atoms with E-state index in [9.17, 15) is 19.2 Å². The maximum absolute atomic E-state index is 13.8. The van der Waals surface area contributed by atoms with E-state index in [-0.39, 0.29) is 42.6 Å². The lowest BCUT2D eigenvalue weighted by molar-refractivity contribution is -0.139. The lowest BCUT2D eigenvalue weighted by atomic mass is 9.78. The highest BCUT2D eigenvalue weighted by Gasteiger charge is 2.53. The third-order valence-corrected chi connectivity index (χ3v) is 8.14. The van der Waals surface area contributed by atoms with Crippen molar-refractivity contribution in [3.05, 3.63) is 29.3 Å². The van der Waals surface area contributed by atoms with Crippen molar-refractivity contribution in [2.24, 2.45) is 11.8 Å². The van der Waals surface area contributed by atoms with Gasteiger partial charge in [0.2, 0.25) is 11.8 Å². The number of hydrogen-bond donors (Lipinski definition) is 2. The van der Waals surface area contributed by atoms with Crippen LogP contribution in [0.2, 0.25) is 0 Å². The Morgan fingerprint density at radius 1 is 1.18 bits per heavy atom. The Hall–Kier alpha value is -2.45. The smallest absolute Gasteiger partial charge is 0.251 e. The number of rotatable bonds is 4. The second-order valence-electron chi connectivity index (χ2n) is 10.1. The van der Waals surface area contributed by atoms with Gasteiger partial charge in [-0.3, -0.25) is 19.2 Å². The molecule has 0 bridgehead atoms. The molecule has 3 amide bonds. The molecule has 4 atom stereocenters. The molecule has 34 heavy (non-hydrogen) atoms. The average molecular weight is 488 g/mol. The number of carbonyl (C=O) groups is 4. The second-order valence-corrected chi connectivity index (χ2v) is 10.6. The summed E-state index contributed by atoms with van der Waals surface area (Å²) in [4.78, 5) is 52.7. The summed E-state index contributed by atoms with van der Waals surface area (Å²) >= 11 is 6.42. The van der Waals surface area contributed by atoms with Gasteiger partial charge in [0.15, 0.2) is 5.78 Å². The van der Waals surface area contributed by atoms with E-state index in [1.54, 1.807) is 18.2 Å². The van der Waals surface area contributed by atoms with Crippen molar-refractivity contribution in [1.29, 1.82) is 0 Å². The van der Waals surface area contributed by atoms with Gasteiger partial charge in [0.25, 0.3) is 5.91 Å². The fourth-order valence-electron chi connectivity index (χ4n) is 5.75. The quantitative estimate of drug-likeness (QED) is 0.634.